The summed E-state index contributed by atoms with van der Waals surface area (Å²) < 4.78 is 186. The quantitative estimate of drug-likeness (QED) is 0.0864. The zero-order chi connectivity index (χ0) is 40.7. The Balaban J connectivity index is 0.000000216. The Morgan fingerprint density at radius 3 is 1.21 bits per heavy atom. The molecule has 0 saturated heterocycles. The lowest BCUT2D eigenvalue weighted by atomic mass is 10.1. The van der Waals surface area contributed by atoms with E-state index in [0.29, 0.717) is 12.1 Å². The topological polar surface area (TPSA) is 404 Å². The maximum atomic E-state index is 11.3. The minimum atomic E-state index is -4.66. The molecule has 5 aromatic rings. The minimum absolute atomic E-state index is 0.0492. The van der Waals surface area contributed by atoms with Gasteiger partial charge in [0.15, 0.2) is 0 Å². The van der Waals surface area contributed by atoms with E-state index >= 15 is 0 Å². The Hall–Kier alpha value is -4.52. The molecule has 5 rings (SSSR count). The Morgan fingerprint density at radius 2 is 0.755 bits per heavy atom. The molecule has 0 aliphatic heterocycles. The summed E-state index contributed by atoms with van der Waals surface area (Å²) in [6.45, 7) is 0. The van der Waals surface area contributed by atoms with Gasteiger partial charge < -0.3 is 17.2 Å². The van der Waals surface area contributed by atoms with Crippen molar-refractivity contribution in [3.8, 4) is 0 Å². The average Bonchev–Trinajstić information content (AvgIpc) is 2.97. The van der Waals surface area contributed by atoms with Crippen LogP contribution in [0.5, 0.6) is 0 Å². The number of anilines is 3. The highest BCUT2D eigenvalue weighted by Gasteiger charge is 2.22. The lowest BCUT2D eigenvalue weighted by Gasteiger charge is -2.08. The van der Waals surface area contributed by atoms with Crippen LogP contribution < -0.4 is 17.2 Å². The van der Waals surface area contributed by atoms with Crippen LogP contribution in [0.4, 0.5) is 17.1 Å². The number of fused-ring (bicyclic) bond motifs is 2. The molecule has 53 heavy (non-hydrogen) atoms. The van der Waals surface area contributed by atoms with Gasteiger partial charge in [-0.1, -0.05) is 18.2 Å². The van der Waals surface area contributed by atoms with E-state index in [1.165, 1.54) is 36.4 Å². The van der Waals surface area contributed by atoms with Crippen LogP contribution in [0.25, 0.3) is 21.5 Å². The molecule has 0 heterocycles. The van der Waals surface area contributed by atoms with Gasteiger partial charge in [-0.3, -0.25) is 27.3 Å². The van der Waals surface area contributed by atoms with Gasteiger partial charge in [0.2, 0.25) is 0 Å². The summed E-state index contributed by atoms with van der Waals surface area (Å²) in [5.41, 5.74) is 16.2. The van der Waals surface area contributed by atoms with Crippen LogP contribution in [0.2, 0.25) is 0 Å². The second kappa shape index (κ2) is 14.7. The molecule has 0 bridgehead atoms. The van der Waals surface area contributed by atoms with Crippen LogP contribution in [0.15, 0.2) is 108 Å². The van der Waals surface area contributed by atoms with E-state index in [2.05, 4.69) is 0 Å². The van der Waals surface area contributed by atoms with Gasteiger partial charge in [-0.2, -0.15) is 50.5 Å². The van der Waals surface area contributed by atoms with Crippen LogP contribution in [-0.2, 0) is 60.7 Å². The second-order valence-electron chi connectivity index (χ2n) is 10.4. The predicted molar refractivity (Wildman–Crippen MR) is 186 cm³/mol. The van der Waals surface area contributed by atoms with Crippen molar-refractivity contribution >= 4 is 99.3 Å². The molecule has 0 radical (unpaired) electrons. The highest BCUT2D eigenvalue weighted by molar-refractivity contribution is 7.87. The fraction of sp³-hybridized carbons (Fsp3) is 0. The van der Waals surface area contributed by atoms with E-state index in [0.717, 1.165) is 30.3 Å². The Morgan fingerprint density at radius 1 is 0.340 bits per heavy atom. The van der Waals surface area contributed by atoms with E-state index in [4.69, 9.17) is 44.5 Å². The molecule has 27 heteroatoms. The zero-order valence-electron chi connectivity index (χ0n) is 25.8. The summed E-state index contributed by atoms with van der Waals surface area (Å²) in [6, 6.07) is 14.0. The number of nitrogens with two attached hydrogens (primary N) is 3. The van der Waals surface area contributed by atoms with Crippen LogP contribution in [0, 0.1) is 0 Å². The third-order valence-corrected chi connectivity index (χ3v) is 11.7. The monoisotopic (exact) mass is 859 g/mol. The third kappa shape index (κ3) is 11.0. The van der Waals surface area contributed by atoms with Gasteiger partial charge in [0, 0.05) is 33.2 Å². The molecule has 0 unspecified atom stereocenters. The molecule has 0 amide bonds. The highest BCUT2D eigenvalue weighted by Crippen LogP contribution is 2.31. The van der Waals surface area contributed by atoms with E-state index < -0.39 is 90.1 Å². The number of benzene rings is 5. The van der Waals surface area contributed by atoms with Crippen LogP contribution in [0.3, 0.4) is 0 Å². The van der Waals surface area contributed by atoms with E-state index in [1.54, 1.807) is 0 Å². The van der Waals surface area contributed by atoms with Crippen LogP contribution in [-0.4, -0.2) is 77.8 Å². The maximum absolute atomic E-state index is 11.3. The third-order valence-electron chi connectivity index (χ3n) is 6.48. The molecule has 12 N–H and O–H groups in total. The fourth-order valence-electron chi connectivity index (χ4n) is 4.35. The predicted octanol–water partition coefficient (Wildman–Crippen LogP) is 1.59. The highest BCUT2D eigenvalue weighted by atomic mass is 32.2. The SMILES string of the molecule is Nc1cc(S(=O)(=O)O)c2cccc(S(=O)(=O)O)c2c1.Nc1cc(S(=O)(=O)O)cc(S(=O)(=O)O)c1.Nc1ccc2cc(S(=O)(=O)O)cc(S(=O)(=O)O)c2c1. The fourth-order valence-corrected chi connectivity index (χ4v) is 8.34. The average molecular weight is 860 g/mol. The van der Waals surface area contributed by atoms with Crippen molar-refractivity contribution in [3.05, 3.63) is 78.9 Å². The molecular weight excluding hydrogens is 835 g/mol. The summed E-state index contributed by atoms with van der Waals surface area (Å²) in [4.78, 5) is -3.66. The summed E-state index contributed by atoms with van der Waals surface area (Å²) in [7, 11) is -27.5. The molecule has 0 saturated carbocycles. The molecule has 0 aromatic heterocycles. The Labute approximate surface area is 301 Å². The number of hydrogen-bond donors (Lipinski definition) is 9. The summed E-state index contributed by atoms with van der Waals surface area (Å²) in [5.74, 6) is 0. The van der Waals surface area contributed by atoms with Crippen molar-refractivity contribution in [2.75, 3.05) is 17.2 Å². The lowest BCUT2D eigenvalue weighted by Crippen LogP contribution is -2.04. The maximum Gasteiger partial charge on any atom is 0.295 e. The molecule has 0 aliphatic rings. The van der Waals surface area contributed by atoms with Gasteiger partial charge in [-0.05, 0) is 66.0 Å². The zero-order valence-corrected chi connectivity index (χ0v) is 30.7. The minimum Gasteiger partial charge on any atom is -0.399 e. The first-order chi connectivity index (χ1) is 23.8. The Kier molecular flexibility index (Phi) is 11.9. The molecule has 0 aliphatic carbocycles. The molecule has 21 nitrogen and oxygen atoms in total. The van der Waals surface area contributed by atoms with Crippen molar-refractivity contribution in [3.63, 3.8) is 0 Å². The first kappa shape index (κ1) is 42.9. The molecule has 288 valence electrons. The summed E-state index contributed by atoms with van der Waals surface area (Å²) in [5, 5.41) is 0.135. The first-order valence-corrected chi connectivity index (χ1v) is 21.9. The first-order valence-electron chi connectivity index (χ1n) is 13.2. The van der Waals surface area contributed by atoms with Crippen molar-refractivity contribution < 1.29 is 77.8 Å². The van der Waals surface area contributed by atoms with Gasteiger partial charge in [-0.25, -0.2) is 0 Å². The van der Waals surface area contributed by atoms with Crippen LogP contribution >= 0.6 is 0 Å². The van der Waals surface area contributed by atoms with E-state index in [9.17, 15) is 50.5 Å². The molecule has 0 fully saturated rings. The van der Waals surface area contributed by atoms with Crippen molar-refractivity contribution in [1.82, 2.24) is 0 Å². The summed E-state index contributed by atoms with van der Waals surface area (Å²) in [6.07, 6.45) is 0. The van der Waals surface area contributed by atoms with Crippen molar-refractivity contribution in [2.45, 2.75) is 29.4 Å². The standard InChI is InChI=1S/2C10H9NO6S2.C6H7NO6S2/c11-7-2-1-6-3-8(18(12,13)14)5-10(9(6)4-7)19(15,16)17;11-6-4-8-7(10(5-6)19(15,16)17)2-1-3-9(8)18(12,13)14;7-4-1-5(14(8,9)10)3-6(2-4)15(11,12)13/h2*1-5H,11H2,(H,12,13,14)(H,15,16,17);1-3H,7H2,(H,8,9,10)(H,11,12,13). The smallest absolute Gasteiger partial charge is 0.295 e. The van der Waals surface area contributed by atoms with Crippen molar-refractivity contribution in [1.29, 1.82) is 0 Å². The van der Waals surface area contributed by atoms with Gasteiger partial charge in [0.05, 0.1) is 14.7 Å². The normalized spacial score (nSPS) is 12.7. The van der Waals surface area contributed by atoms with E-state index in [1.807, 2.05) is 0 Å². The second-order valence-corrected chi connectivity index (χ2v) is 18.8. The number of nitrogen functional groups attached to an aromatic ring is 3. The molecule has 5 aromatic carbocycles. The van der Waals surface area contributed by atoms with Gasteiger partial charge in [0.1, 0.15) is 14.7 Å². The van der Waals surface area contributed by atoms with Crippen molar-refractivity contribution in [2.24, 2.45) is 0 Å². The largest absolute Gasteiger partial charge is 0.399 e. The molecule has 0 atom stereocenters. The Bertz CT molecular complexity index is 2920. The number of rotatable bonds is 6. The summed E-state index contributed by atoms with van der Waals surface area (Å²) >= 11 is 0. The van der Waals surface area contributed by atoms with Crippen LogP contribution in [0.1, 0.15) is 0 Å². The number of hydrogen-bond acceptors (Lipinski definition) is 15. The van der Waals surface area contributed by atoms with Gasteiger partial charge in [0.25, 0.3) is 60.7 Å². The molecular formula is C26H25N3O18S6. The lowest BCUT2D eigenvalue weighted by molar-refractivity contribution is 0.477. The van der Waals surface area contributed by atoms with E-state index in [-0.39, 0.29) is 38.6 Å². The van der Waals surface area contributed by atoms with Gasteiger partial charge in [-0.15, -0.1) is 0 Å². The van der Waals surface area contributed by atoms with Gasteiger partial charge >= 0.3 is 0 Å². The molecule has 0 spiro atoms.